The Morgan fingerprint density at radius 2 is 1.96 bits per heavy atom. The third-order valence-corrected chi connectivity index (χ3v) is 6.20. The van der Waals surface area contributed by atoms with Crippen molar-refractivity contribution >= 4 is 27.8 Å². The number of hydrogen-bond donors (Lipinski definition) is 2. The first-order chi connectivity index (χ1) is 13.3. The predicted octanol–water partition coefficient (Wildman–Crippen LogP) is 3.51. The van der Waals surface area contributed by atoms with E-state index in [2.05, 4.69) is 49.1 Å². The zero-order valence-electron chi connectivity index (χ0n) is 15.0. The van der Waals surface area contributed by atoms with Crippen LogP contribution in [0, 0.1) is 0 Å². The number of anilines is 1. The molecule has 6 rings (SSSR count). The van der Waals surface area contributed by atoms with Crippen molar-refractivity contribution in [2.24, 2.45) is 0 Å². The van der Waals surface area contributed by atoms with Crippen LogP contribution in [-0.4, -0.2) is 39.6 Å². The molecule has 2 N–H and O–H groups in total. The van der Waals surface area contributed by atoms with Crippen LogP contribution in [0.25, 0.3) is 21.9 Å². The van der Waals surface area contributed by atoms with Crippen LogP contribution >= 0.6 is 0 Å². The molecule has 27 heavy (non-hydrogen) atoms. The topological polar surface area (TPSA) is 69.8 Å². The summed E-state index contributed by atoms with van der Waals surface area (Å²) in [4.78, 5) is 18.2. The van der Waals surface area contributed by atoms with Gasteiger partial charge in [0.25, 0.3) is 0 Å². The van der Waals surface area contributed by atoms with E-state index < -0.39 is 0 Å². The summed E-state index contributed by atoms with van der Waals surface area (Å²) in [6, 6.07) is 10.6. The van der Waals surface area contributed by atoms with Crippen molar-refractivity contribution in [3.8, 4) is 0 Å². The lowest BCUT2D eigenvalue weighted by molar-refractivity contribution is -0.0790. The van der Waals surface area contributed by atoms with Gasteiger partial charge in [0.05, 0.1) is 17.8 Å². The van der Waals surface area contributed by atoms with E-state index in [9.17, 15) is 0 Å². The summed E-state index contributed by atoms with van der Waals surface area (Å²) in [6.07, 6.45) is 6.48. The number of aromatic amines is 2. The number of nitrogens with zero attached hydrogens (tertiary/aromatic N) is 3. The average molecular weight is 359 g/mol. The van der Waals surface area contributed by atoms with Gasteiger partial charge in [-0.05, 0) is 37.0 Å². The van der Waals surface area contributed by atoms with E-state index in [0.29, 0.717) is 0 Å². The van der Waals surface area contributed by atoms with Gasteiger partial charge in [-0.1, -0.05) is 18.2 Å². The highest BCUT2D eigenvalue weighted by Crippen LogP contribution is 2.44. The number of fused-ring (bicyclic) bond motifs is 5. The fourth-order valence-electron chi connectivity index (χ4n) is 4.84. The second-order valence-corrected chi connectivity index (χ2v) is 7.54. The first-order valence-corrected chi connectivity index (χ1v) is 9.61. The van der Waals surface area contributed by atoms with Crippen molar-refractivity contribution in [1.82, 2.24) is 19.9 Å². The van der Waals surface area contributed by atoms with Crippen molar-refractivity contribution in [2.75, 3.05) is 24.6 Å². The third-order valence-electron chi connectivity index (χ3n) is 6.20. The van der Waals surface area contributed by atoms with Crippen molar-refractivity contribution in [3.05, 3.63) is 54.1 Å². The summed E-state index contributed by atoms with van der Waals surface area (Å²) in [5.74, 6) is 0.993. The Hall–Kier alpha value is -2.86. The summed E-state index contributed by atoms with van der Waals surface area (Å²) in [5, 5.41) is 1.35. The van der Waals surface area contributed by atoms with Crippen molar-refractivity contribution < 1.29 is 4.74 Å². The molecule has 5 heterocycles. The molecule has 2 aliphatic rings. The molecule has 6 heteroatoms. The number of ether oxygens (including phenoxy) is 1. The lowest BCUT2D eigenvalue weighted by atomic mass is 9.83. The Morgan fingerprint density at radius 1 is 1.07 bits per heavy atom. The Bertz CT molecular complexity index is 1140. The van der Waals surface area contributed by atoms with Crippen molar-refractivity contribution in [2.45, 2.75) is 24.9 Å². The first kappa shape index (κ1) is 15.2. The van der Waals surface area contributed by atoms with Gasteiger partial charge in [-0.3, -0.25) is 0 Å². The molecule has 4 aromatic rings. The zero-order chi connectivity index (χ0) is 17.8. The summed E-state index contributed by atoms with van der Waals surface area (Å²) >= 11 is 0. The van der Waals surface area contributed by atoms with Crippen LogP contribution in [0.1, 0.15) is 24.1 Å². The highest BCUT2D eigenvalue weighted by Gasteiger charge is 2.43. The van der Waals surface area contributed by atoms with Crippen molar-refractivity contribution in [1.29, 1.82) is 0 Å². The van der Waals surface area contributed by atoms with E-state index in [1.165, 1.54) is 22.2 Å². The number of aromatic nitrogens is 4. The van der Waals surface area contributed by atoms with Gasteiger partial charge < -0.3 is 19.6 Å². The standard InChI is InChI=1S/C21H21N5O/c1-2-4-16-14(3-1)15-6-12-27-21(19(15)25-16)7-10-26(11-8-21)20-18-17(5-9-22-18)23-13-24-20/h1-5,9,13,22,25H,6-8,10-12H2. The van der Waals surface area contributed by atoms with Crippen LogP contribution in [0.4, 0.5) is 5.82 Å². The van der Waals surface area contributed by atoms with Gasteiger partial charge in [0.15, 0.2) is 5.82 Å². The van der Waals surface area contributed by atoms with E-state index in [1.54, 1.807) is 6.33 Å². The Labute approximate surface area is 156 Å². The molecule has 0 saturated carbocycles. The number of hydrogen-bond acceptors (Lipinski definition) is 4. The SMILES string of the molecule is c1ccc2c3c([nH]c2c1)C1(CCN(c2ncnc4cc[nH]c24)CC1)OCC3. The number of benzene rings is 1. The molecule has 0 atom stereocenters. The molecule has 1 aromatic carbocycles. The number of rotatable bonds is 1. The van der Waals surface area contributed by atoms with Crippen LogP contribution < -0.4 is 4.90 Å². The molecule has 1 saturated heterocycles. The monoisotopic (exact) mass is 359 g/mol. The maximum absolute atomic E-state index is 6.42. The minimum atomic E-state index is -0.203. The van der Waals surface area contributed by atoms with Crippen molar-refractivity contribution in [3.63, 3.8) is 0 Å². The number of nitrogens with one attached hydrogen (secondary N) is 2. The minimum absolute atomic E-state index is 0.203. The van der Waals surface area contributed by atoms with Gasteiger partial charge in [-0.15, -0.1) is 0 Å². The number of piperidine rings is 1. The maximum Gasteiger partial charge on any atom is 0.156 e. The van der Waals surface area contributed by atoms with E-state index in [-0.39, 0.29) is 5.60 Å². The van der Waals surface area contributed by atoms with Crippen LogP contribution in [0.3, 0.4) is 0 Å². The minimum Gasteiger partial charge on any atom is -0.368 e. The fourth-order valence-corrected chi connectivity index (χ4v) is 4.84. The van der Waals surface area contributed by atoms with Crippen LogP contribution in [0.2, 0.25) is 0 Å². The normalized spacial score (nSPS) is 19.0. The highest BCUT2D eigenvalue weighted by atomic mass is 16.5. The van der Waals surface area contributed by atoms with Gasteiger partial charge in [-0.25, -0.2) is 9.97 Å². The molecule has 0 radical (unpaired) electrons. The van der Waals surface area contributed by atoms with Gasteiger partial charge in [-0.2, -0.15) is 0 Å². The van der Waals surface area contributed by atoms with Gasteiger partial charge in [0, 0.05) is 30.2 Å². The quantitative estimate of drug-likeness (QED) is 0.546. The average Bonchev–Trinajstić information content (AvgIpc) is 3.34. The molecule has 3 aromatic heterocycles. The molecule has 136 valence electrons. The molecule has 1 spiro atoms. The lowest BCUT2D eigenvalue weighted by Crippen LogP contribution is -2.47. The highest BCUT2D eigenvalue weighted by molar-refractivity contribution is 5.86. The summed E-state index contributed by atoms with van der Waals surface area (Å²) in [5.41, 5.74) is 5.74. The van der Waals surface area contributed by atoms with E-state index in [1.807, 2.05) is 12.3 Å². The summed E-state index contributed by atoms with van der Waals surface area (Å²) in [6.45, 7) is 2.63. The molecule has 2 aliphatic heterocycles. The number of H-pyrrole nitrogens is 2. The Morgan fingerprint density at radius 3 is 2.89 bits per heavy atom. The second kappa shape index (κ2) is 5.57. The fraction of sp³-hybridized carbons (Fsp3) is 0.333. The third kappa shape index (κ3) is 2.16. The van der Waals surface area contributed by atoms with Gasteiger partial charge >= 0.3 is 0 Å². The van der Waals surface area contributed by atoms with Crippen LogP contribution in [0.15, 0.2) is 42.9 Å². The smallest absolute Gasteiger partial charge is 0.156 e. The first-order valence-electron chi connectivity index (χ1n) is 9.61. The maximum atomic E-state index is 6.42. The number of para-hydroxylation sites is 1. The predicted molar refractivity (Wildman–Crippen MR) is 105 cm³/mol. The molecule has 0 unspecified atom stereocenters. The summed E-state index contributed by atoms with van der Waals surface area (Å²) in [7, 11) is 0. The molecule has 1 fully saturated rings. The van der Waals surface area contributed by atoms with E-state index in [0.717, 1.165) is 55.8 Å². The molecule has 0 aliphatic carbocycles. The van der Waals surface area contributed by atoms with Crippen LogP contribution in [-0.2, 0) is 16.8 Å². The zero-order valence-corrected chi connectivity index (χ0v) is 15.0. The van der Waals surface area contributed by atoms with E-state index in [4.69, 9.17) is 4.74 Å². The van der Waals surface area contributed by atoms with Gasteiger partial charge in [0.1, 0.15) is 17.4 Å². The molecule has 6 nitrogen and oxygen atoms in total. The lowest BCUT2D eigenvalue weighted by Gasteiger charge is -2.44. The molecular weight excluding hydrogens is 338 g/mol. The molecule has 0 amide bonds. The van der Waals surface area contributed by atoms with Gasteiger partial charge in [0.2, 0.25) is 0 Å². The Kier molecular flexibility index (Phi) is 3.14. The largest absolute Gasteiger partial charge is 0.368 e. The Balaban J connectivity index is 1.36. The van der Waals surface area contributed by atoms with E-state index >= 15 is 0 Å². The summed E-state index contributed by atoms with van der Waals surface area (Å²) < 4.78 is 6.42. The second-order valence-electron chi connectivity index (χ2n) is 7.54. The molecule has 0 bridgehead atoms. The molecular formula is C21H21N5O. The van der Waals surface area contributed by atoms with Crippen LogP contribution in [0.5, 0.6) is 0 Å².